The molecule has 13 heavy (non-hydrogen) atoms. The Balaban J connectivity index is 2.31. The van der Waals surface area contributed by atoms with Crippen molar-refractivity contribution in [3.63, 3.8) is 0 Å². The minimum Gasteiger partial charge on any atom is -0.355 e. The van der Waals surface area contributed by atoms with E-state index in [-0.39, 0.29) is 11.3 Å². The number of carbonyl (C=O) groups excluding carboxylic acids is 1. The highest BCUT2D eigenvalue weighted by molar-refractivity contribution is 5.80. The Morgan fingerprint density at radius 3 is 2.92 bits per heavy atom. The quantitative estimate of drug-likeness (QED) is 0.669. The third kappa shape index (κ3) is 1.39. The highest BCUT2D eigenvalue weighted by Gasteiger charge is 2.36. The molecule has 4 nitrogen and oxygen atoms in total. The van der Waals surface area contributed by atoms with Gasteiger partial charge in [0.25, 0.3) is 0 Å². The molecule has 0 spiro atoms. The summed E-state index contributed by atoms with van der Waals surface area (Å²) in [7, 11) is 0. The summed E-state index contributed by atoms with van der Waals surface area (Å²) in [4.78, 5) is 19.3. The van der Waals surface area contributed by atoms with Gasteiger partial charge < -0.3 is 5.32 Å². The number of rotatable bonds is 1. The van der Waals surface area contributed by atoms with Crippen LogP contribution in [0, 0.1) is 0 Å². The van der Waals surface area contributed by atoms with Crippen LogP contribution >= 0.6 is 0 Å². The second-order valence-electron chi connectivity index (χ2n) is 3.60. The van der Waals surface area contributed by atoms with E-state index in [9.17, 15) is 4.79 Å². The van der Waals surface area contributed by atoms with Gasteiger partial charge in [0.15, 0.2) is 0 Å². The van der Waals surface area contributed by atoms with Crippen molar-refractivity contribution in [3.05, 3.63) is 24.3 Å². The fourth-order valence-corrected chi connectivity index (χ4v) is 1.56. The first-order valence-corrected chi connectivity index (χ1v) is 4.24. The van der Waals surface area contributed by atoms with Crippen LogP contribution in [0.4, 0.5) is 0 Å². The first-order chi connectivity index (χ1) is 6.21. The molecular formula is C9H11N3O. The van der Waals surface area contributed by atoms with Crippen LogP contribution in [0.15, 0.2) is 18.6 Å². The fraction of sp³-hybridized carbons (Fsp3) is 0.444. The first kappa shape index (κ1) is 8.16. The molecular weight excluding hydrogens is 166 g/mol. The van der Waals surface area contributed by atoms with Gasteiger partial charge in [-0.15, -0.1) is 0 Å². The first-order valence-electron chi connectivity index (χ1n) is 4.24. The molecule has 0 unspecified atom stereocenters. The molecule has 1 aromatic heterocycles. The summed E-state index contributed by atoms with van der Waals surface area (Å²) in [6.07, 6.45) is 5.52. The average Bonchev–Trinajstić information content (AvgIpc) is 2.49. The number of carbonyl (C=O) groups is 1. The van der Waals surface area contributed by atoms with Crippen LogP contribution in [-0.4, -0.2) is 22.4 Å². The molecule has 1 amide bonds. The van der Waals surface area contributed by atoms with Crippen molar-refractivity contribution in [1.29, 1.82) is 0 Å². The summed E-state index contributed by atoms with van der Waals surface area (Å²) in [6, 6.07) is 0. The number of hydrogen-bond acceptors (Lipinski definition) is 3. The minimum absolute atomic E-state index is 0.0909. The number of aromatic nitrogens is 2. The predicted octanol–water partition coefficient (Wildman–Crippen LogP) is 0.254. The lowest BCUT2D eigenvalue weighted by Crippen LogP contribution is -2.26. The fourth-order valence-electron chi connectivity index (χ4n) is 1.56. The molecule has 0 aliphatic carbocycles. The zero-order valence-corrected chi connectivity index (χ0v) is 7.45. The van der Waals surface area contributed by atoms with Crippen LogP contribution in [0.25, 0.3) is 0 Å². The van der Waals surface area contributed by atoms with Gasteiger partial charge in [0.1, 0.15) is 0 Å². The van der Waals surface area contributed by atoms with E-state index in [1.807, 2.05) is 6.92 Å². The summed E-state index contributed by atoms with van der Waals surface area (Å²) in [5, 5.41) is 2.80. The van der Waals surface area contributed by atoms with Gasteiger partial charge in [-0.05, 0) is 0 Å². The zero-order chi connectivity index (χ0) is 9.31. The number of amides is 1. The van der Waals surface area contributed by atoms with E-state index in [1.165, 1.54) is 0 Å². The smallest absolute Gasteiger partial charge is 0.221 e. The predicted molar refractivity (Wildman–Crippen MR) is 47.0 cm³/mol. The average molecular weight is 177 g/mol. The molecule has 1 N–H and O–H groups in total. The van der Waals surface area contributed by atoms with E-state index in [4.69, 9.17) is 0 Å². The van der Waals surface area contributed by atoms with Crippen LogP contribution in [0.1, 0.15) is 19.0 Å². The molecule has 0 saturated carbocycles. The lowest BCUT2D eigenvalue weighted by molar-refractivity contribution is -0.119. The van der Waals surface area contributed by atoms with Gasteiger partial charge in [-0.25, -0.2) is 0 Å². The van der Waals surface area contributed by atoms with E-state index >= 15 is 0 Å². The third-order valence-corrected chi connectivity index (χ3v) is 2.41. The molecule has 1 fully saturated rings. The molecule has 2 rings (SSSR count). The van der Waals surface area contributed by atoms with E-state index in [1.54, 1.807) is 18.6 Å². The number of nitrogens with one attached hydrogen (secondary N) is 1. The maximum atomic E-state index is 11.1. The molecule has 2 heterocycles. The summed E-state index contributed by atoms with van der Waals surface area (Å²) >= 11 is 0. The second kappa shape index (κ2) is 2.80. The molecule has 1 atom stereocenters. The van der Waals surface area contributed by atoms with Crippen molar-refractivity contribution in [1.82, 2.24) is 15.3 Å². The van der Waals surface area contributed by atoms with Crippen molar-refractivity contribution < 1.29 is 4.79 Å². The number of nitrogens with zero attached hydrogens (tertiary/aromatic N) is 2. The standard InChI is InChI=1S/C9H11N3O/c1-9(4-8(13)12-6-9)7-5-10-2-3-11-7/h2-3,5H,4,6H2,1H3,(H,12,13)/t9-/m0/s1. The van der Waals surface area contributed by atoms with Crippen LogP contribution in [0.5, 0.6) is 0 Å². The highest BCUT2D eigenvalue weighted by atomic mass is 16.1. The van der Waals surface area contributed by atoms with E-state index < -0.39 is 0 Å². The van der Waals surface area contributed by atoms with Gasteiger partial charge in [0.2, 0.25) is 5.91 Å². The Labute approximate surface area is 76.4 Å². The molecule has 1 saturated heterocycles. The van der Waals surface area contributed by atoms with Gasteiger partial charge in [0, 0.05) is 37.0 Å². The van der Waals surface area contributed by atoms with E-state index in [2.05, 4.69) is 15.3 Å². The zero-order valence-electron chi connectivity index (χ0n) is 7.45. The van der Waals surface area contributed by atoms with Gasteiger partial charge in [-0.3, -0.25) is 14.8 Å². The lowest BCUT2D eigenvalue weighted by Gasteiger charge is -2.19. The Bertz CT molecular complexity index is 325. The molecule has 4 heteroatoms. The van der Waals surface area contributed by atoms with Crippen molar-refractivity contribution in [2.24, 2.45) is 0 Å². The monoisotopic (exact) mass is 177 g/mol. The Morgan fingerprint density at radius 1 is 1.54 bits per heavy atom. The van der Waals surface area contributed by atoms with Gasteiger partial charge in [0.05, 0.1) is 5.69 Å². The summed E-state index contributed by atoms with van der Waals surface area (Å²) in [6.45, 7) is 2.68. The van der Waals surface area contributed by atoms with Gasteiger partial charge in [-0.1, -0.05) is 6.92 Å². The minimum atomic E-state index is -0.175. The van der Waals surface area contributed by atoms with Crippen LogP contribution in [-0.2, 0) is 10.2 Å². The molecule has 0 aromatic carbocycles. The highest BCUT2D eigenvalue weighted by Crippen LogP contribution is 2.28. The Hall–Kier alpha value is -1.45. The van der Waals surface area contributed by atoms with E-state index in [0.29, 0.717) is 13.0 Å². The summed E-state index contributed by atoms with van der Waals surface area (Å²) in [5.74, 6) is 0.0909. The molecule has 1 aliphatic heterocycles. The summed E-state index contributed by atoms with van der Waals surface area (Å²) in [5.41, 5.74) is 0.707. The SMILES string of the molecule is C[C@@]1(c2cnccn2)CNC(=O)C1. The normalized spacial score (nSPS) is 27.3. The van der Waals surface area contributed by atoms with Crippen LogP contribution in [0.3, 0.4) is 0 Å². The molecule has 1 aliphatic rings. The third-order valence-electron chi connectivity index (χ3n) is 2.41. The van der Waals surface area contributed by atoms with Crippen molar-refractivity contribution in [2.75, 3.05) is 6.54 Å². The molecule has 0 bridgehead atoms. The van der Waals surface area contributed by atoms with Crippen molar-refractivity contribution in [2.45, 2.75) is 18.8 Å². The second-order valence-corrected chi connectivity index (χ2v) is 3.60. The maximum absolute atomic E-state index is 11.1. The lowest BCUT2D eigenvalue weighted by atomic mass is 9.86. The topological polar surface area (TPSA) is 54.9 Å². The molecule has 68 valence electrons. The van der Waals surface area contributed by atoms with Crippen LogP contribution < -0.4 is 5.32 Å². The Kier molecular flexibility index (Phi) is 1.76. The van der Waals surface area contributed by atoms with Gasteiger partial charge in [-0.2, -0.15) is 0 Å². The molecule has 1 aromatic rings. The summed E-state index contributed by atoms with van der Waals surface area (Å²) < 4.78 is 0. The Morgan fingerprint density at radius 2 is 2.38 bits per heavy atom. The van der Waals surface area contributed by atoms with E-state index in [0.717, 1.165) is 5.69 Å². The largest absolute Gasteiger partial charge is 0.355 e. The van der Waals surface area contributed by atoms with Crippen molar-refractivity contribution in [3.8, 4) is 0 Å². The molecule has 0 radical (unpaired) electrons. The van der Waals surface area contributed by atoms with Crippen LogP contribution in [0.2, 0.25) is 0 Å². The maximum Gasteiger partial charge on any atom is 0.221 e. The van der Waals surface area contributed by atoms with Gasteiger partial charge >= 0.3 is 0 Å². The number of hydrogen-bond donors (Lipinski definition) is 1. The van der Waals surface area contributed by atoms with Crippen molar-refractivity contribution >= 4 is 5.91 Å².